The molecule has 37 heavy (non-hydrogen) atoms. The van der Waals surface area contributed by atoms with Crippen LogP contribution in [0.3, 0.4) is 0 Å². The van der Waals surface area contributed by atoms with Crippen LogP contribution < -0.4 is 19.5 Å². The number of halogens is 2. The molecule has 1 fully saturated rings. The van der Waals surface area contributed by atoms with Crippen LogP contribution in [0.1, 0.15) is 51.5 Å². The second-order valence-corrected chi connectivity index (χ2v) is 9.30. The second-order valence-electron chi connectivity index (χ2n) is 9.30. The predicted octanol–water partition coefficient (Wildman–Crippen LogP) is 4.93. The second kappa shape index (κ2) is 8.76. The molecule has 0 bridgehead atoms. The third kappa shape index (κ3) is 4.04. The highest BCUT2D eigenvalue weighted by Gasteiger charge is 2.72. The molecule has 0 spiro atoms. The van der Waals surface area contributed by atoms with Crippen LogP contribution in [0.2, 0.25) is 0 Å². The molecule has 3 aromatic carbocycles. The van der Waals surface area contributed by atoms with E-state index in [0.29, 0.717) is 34.8 Å². The Balaban J connectivity index is 1.22. The first kappa shape index (κ1) is 23.3. The summed E-state index contributed by atoms with van der Waals surface area (Å²) in [5.74, 6) is -5.60. The molecule has 6 rings (SSSR count). The predicted molar refractivity (Wildman–Crippen MR) is 127 cm³/mol. The number of methoxy groups -OCH3 is 1. The van der Waals surface area contributed by atoms with E-state index in [-0.39, 0.29) is 6.79 Å². The number of fused-ring (bicyclic) bond motifs is 2. The molecule has 0 saturated heterocycles. The Morgan fingerprint density at radius 3 is 2.46 bits per heavy atom. The van der Waals surface area contributed by atoms with Crippen molar-refractivity contribution in [3.05, 3.63) is 89.0 Å². The number of esters is 1. The molecule has 190 valence electrons. The van der Waals surface area contributed by atoms with Crippen molar-refractivity contribution < 1.29 is 37.3 Å². The van der Waals surface area contributed by atoms with Crippen molar-refractivity contribution in [1.29, 1.82) is 0 Å². The lowest BCUT2D eigenvalue weighted by atomic mass is 9.92. The Labute approximate surface area is 211 Å². The zero-order chi connectivity index (χ0) is 25.7. The Morgan fingerprint density at radius 1 is 0.946 bits per heavy atom. The first-order chi connectivity index (χ1) is 17.9. The van der Waals surface area contributed by atoms with Gasteiger partial charge in [-0.3, -0.25) is 4.79 Å². The maximum atomic E-state index is 14.9. The fourth-order valence-corrected chi connectivity index (χ4v) is 5.15. The lowest BCUT2D eigenvalue weighted by Gasteiger charge is -2.33. The van der Waals surface area contributed by atoms with E-state index in [0.717, 1.165) is 11.1 Å². The van der Waals surface area contributed by atoms with Gasteiger partial charge in [-0.15, -0.1) is 0 Å². The topological polar surface area (TPSA) is 83.1 Å². The Kier molecular flexibility index (Phi) is 5.51. The molecular formula is C28H23F2NO6. The van der Waals surface area contributed by atoms with E-state index in [1.54, 1.807) is 42.5 Å². The molecule has 9 heteroatoms. The average Bonchev–Trinajstić information content (AvgIpc) is 3.23. The van der Waals surface area contributed by atoms with E-state index in [9.17, 15) is 18.4 Å². The standard InChI is InChI=1S/C28H23F2NO6/c1-34-27(33)16-8-6-15(7-9-16)22-13-19(18-4-2-3-5-20(18)37-22)31-26(32)25-24(28(25,29)30)17-10-11-21-23(12-17)36-14-35-21/h2-12,19,22,24-25H,13-14H2,1H3,(H,31,32)/t19-,22-,24?,25?/m1/s1. The molecule has 1 saturated carbocycles. The van der Waals surface area contributed by atoms with Crippen molar-refractivity contribution in [3.63, 3.8) is 0 Å². The van der Waals surface area contributed by atoms with E-state index in [4.69, 9.17) is 18.9 Å². The van der Waals surface area contributed by atoms with Crippen molar-refractivity contribution in [2.24, 2.45) is 5.92 Å². The third-order valence-corrected chi connectivity index (χ3v) is 7.13. The van der Waals surface area contributed by atoms with Crippen molar-refractivity contribution >= 4 is 11.9 Å². The van der Waals surface area contributed by atoms with Crippen molar-refractivity contribution in [1.82, 2.24) is 5.32 Å². The number of rotatable bonds is 5. The summed E-state index contributed by atoms with van der Waals surface area (Å²) in [4.78, 5) is 24.9. The van der Waals surface area contributed by atoms with Gasteiger partial charge in [0.25, 0.3) is 5.92 Å². The number of nitrogens with one attached hydrogen (secondary N) is 1. The highest BCUT2D eigenvalue weighted by molar-refractivity contribution is 5.89. The van der Waals surface area contributed by atoms with Crippen molar-refractivity contribution in [3.8, 4) is 17.2 Å². The summed E-state index contributed by atoms with van der Waals surface area (Å²) in [7, 11) is 1.31. The third-order valence-electron chi connectivity index (χ3n) is 7.13. The van der Waals surface area contributed by atoms with Gasteiger partial charge in [0.2, 0.25) is 12.7 Å². The van der Waals surface area contributed by atoms with Gasteiger partial charge < -0.3 is 24.3 Å². The maximum Gasteiger partial charge on any atom is 0.337 e. The summed E-state index contributed by atoms with van der Waals surface area (Å²) in [6, 6.07) is 18.1. The van der Waals surface area contributed by atoms with Crippen molar-refractivity contribution in [2.75, 3.05) is 13.9 Å². The number of carbonyl (C=O) groups is 2. The molecule has 2 aliphatic heterocycles. The van der Waals surface area contributed by atoms with Crippen LogP contribution in [-0.2, 0) is 9.53 Å². The average molecular weight is 507 g/mol. The van der Waals surface area contributed by atoms with E-state index < -0.39 is 41.8 Å². The fourth-order valence-electron chi connectivity index (χ4n) is 5.15. The molecule has 1 aliphatic carbocycles. The zero-order valence-electron chi connectivity index (χ0n) is 19.8. The molecule has 4 atom stereocenters. The largest absolute Gasteiger partial charge is 0.485 e. The highest BCUT2D eigenvalue weighted by Crippen LogP contribution is 2.62. The smallest absolute Gasteiger partial charge is 0.337 e. The summed E-state index contributed by atoms with van der Waals surface area (Å²) in [5, 5.41) is 2.85. The normalized spacial score (nSPS) is 24.4. The quantitative estimate of drug-likeness (QED) is 0.493. The van der Waals surface area contributed by atoms with Crippen LogP contribution in [0, 0.1) is 5.92 Å². The number of benzene rings is 3. The van der Waals surface area contributed by atoms with Gasteiger partial charge in [-0.25, -0.2) is 13.6 Å². The molecule has 3 aromatic rings. The van der Waals surface area contributed by atoms with Crippen LogP contribution in [0.15, 0.2) is 66.7 Å². The summed E-state index contributed by atoms with van der Waals surface area (Å²) in [6.07, 6.45) is -0.107. The Bertz CT molecular complexity index is 1380. The number of ether oxygens (including phenoxy) is 4. The molecule has 2 heterocycles. The van der Waals surface area contributed by atoms with Gasteiger partial charge in [0.15, 0.2) is 11.5 Å². The van der Waals surface area contributed by atoms with Crippen LogP contribution >= 0.6 is 0 Å². The van der Waals surface area contributed by atoms with Gasteiger partial charge in [0, 0.05) is 12.0 Å². The van der Waals surface area contributed by atoms with E-state index in [1.807, 2.05) is 18.2 Å². The highest BCUT2D eigenvalue weighted by atomic mass is 19.3. The monoisotopic (exact) mass is 507 g/mol. The lowest BCUT2D eigenvalue weighted by molar-refractivity contribution is -0.125. The number of hydrogen-bond acceptors (Lipinski definition) is 6. The van der Waals surface area contributed by atoms with Gasteiger partial charge in [-0.2, -0.15) is 0 Å². The number of amides is 1. The van der Waals surface area contributed by atoms with Gasteiger partial charge in [-0.05, 0) is 41.5 Å². The van der Waals surface area contributed by atoms with Crippen LogP contribution in [0.4, 0.5) is 8.78 Å². The van der Waals surface area contributed by atoms with Gasteiger partial charge in [0.1, 0.15) is 17.8 Å². The first-order valence-electron chi connectivity index (χ1n) is 11.9. The minimum Gasteiger partial charge on any atom is -0.485 e. The molecule has 0 radical (unpaired) electrons. The molecule has 7 nitrogen and oxygen atoms in total. The van der Waals surface area contributed by atoms with E-state index in [1.165, 1.54) is 13.2 Å². The number of alkyl halides is 2. The Hall–Kier alpha value is -4.14. The first-order valence-corrected chi connectivity index (χ1v) is 11.9. The van der Waals surface area contributed by atoms with Gasteiger partial charge in [-0.1, -0.05) is 36.4 Å². The van der Waals surface area contributed by atoms with E-state index in [2.05, 4.69) is 5.32 Å². The van der Waals surface area contributed by atoms with Crippen LogP contribution in [0.25, 0.3) is 0 Å². The number of carbonyl (C=O) groups excluding carboxylic acids is 2. The molecular weight excluding hydrogens is 484 g/mol. The number of hydrogen-bond donors (Lipinski definition) is 1. The van der Waals surface area contributed by atoms with Crippen LogP contribution in [0.5, 0.6) is 17.2 Å². The molecule has 1 N–H and O–H groups in total. The fraction of sp³-hybridized carbons (Fsp3) is 0.286. The summed E-state index contributed by atoms with van der Waals surface area (Å²) in [6.45, 7) is 0.0412. The molecule has 2 unspecified atom stereocenters. The van der Waals surface area contributed by atoms with Gasteiger partial charge in [0.05, 0.1) is 24.6 Å². The van der Waals surface area contributed by atoms with Gasteiger partial charge >= 0.3 is 5.97 Å². The Morgan fingerprint density at radius 2 is 1.68 bits per heavy atom. The van der Waals surface area contributed by atoms with Crippen LogP contribution in [-0.4, -0.2) is 31.7 Å². The maximum absolute atomic E-state index is 14.9. The molecule has 3 aliphatic rings. The SMILES string of the molecule is COC(=O)c1ccc([C@H]2C[C@@H](NC(=O)C3C(c4ccc5c(c4)OCO5)C3(F)F)c3ccccc3O2)cc1. The summed E-state index contributed by atoms with van der Waals surface area (Å²) >= 11 is 0. The minimum atomic E-state index is -3.18. The molecule has 0 aromatic heterocycles. The lowest BCUT2D eigenvalue weighted by Crippen LogP contribution is -2.35. The minimum absolute atomic E-state index is 0.0412. The zero-order valence-corrected chi connectivity index (χ0v) is 19.8. The van der Waals surface area contributed by atoms with E-state index >= 15 is 0 Å². The molecule has 1 amide bonds. The summed E-state index contributed by atoms with van der Waals surface area (Å²) in [5.41, 5.74) is 2.25. The van der Waals surface area contributed by atoms with Crippen molar-refractivity contribution in [2.45, 2.75) is 30.4 Å². The summed E-state index contributed by atoms with van der Waals surface area (Å²) < 4.78 is 51.2. The number of para-hydroxylation sites is 1.